The molecule has 0 bridgehead atoms. The number of rotatable bonds is 4. The lowest BCUT2D eigenvalue weighted by Gasteiger charge is -2.08. The summed E-state index contributed by atoms with van der Waals surface area (Å²) < 4.78 is 14.5. The van der Waals surface area contributed by atoms with Crippen LogP contribution < -0.4 is 14.3 Å². The largest absolute Gasteiger partial charge is 0.493 e. The molecule has 0 unspecified atom stereocenters. The molecule has 0 fully saturated rings. The number of hydrogen-bond acceptors (Lipinski definition) is 4. The minimum atomic E-state index is -0.201. The molecule has 7 heteroatoms. The third-order valence-electron chi connectivity index (χ3n) is 3.80. The van der Waals surface area contributed by atoms with Crippen LogP contribution in [0.2, 0.25) is 0 Å². The maximum Gasteiger partial charge on any atom is 0.252 e. The maximum absolute atomic E-state index is 12.4. The summed E-state index contributed by atoms with van der Waals surface area (Å²) in [5, 5.41) is 0. The van der Waals surface area contributed by atoms with Gasteiger partial charge in [-0.1, -0.05) is 33.3 Å². The first-order valence-electron chi connectivity index (χ1n) is 7.55. The van der Waals surface area contributed by atoms with Gasteiger partial charge in [0.05, 0.1) is 30.9 Å². The Hall–Kier alpha value is -2.12. The Morgan fingerprint density at radius 1 is 1.16 bits per heavy atom. The highest BCUT2D eigenvalue weighted by atomic mass is 79.9. The summed E-state index contributed by atoms with van der Waals surface area (Å²) in [5.74, 6) is 1.04. The Kier molecular flexibility index (Phi) is 5.24. The van der Waals surface area contributed by atoms with E-state index in [4.69, 9.17) is 9.47 Å². The number of carbonyl (C=O) groups is 1. The van der Waals surface area contributed by atoms with Gasteiger partial charge in [-0.25, -0.2) is 0 Å². The number of carbonyl (C=O) groups excluding carboxylic acids is 1. The normalized spacial score (nSPS) is 11.8. The average Bonchev–Trinajstić information content (AvgIpc) is 2.89. The second-order valence-electron chi connectivity index (χ2n) is 5.43. The van der Waals surface area contributed by atoms with Gasteiger partial charge in [0.25, 0.3) is 5.91 Å². The molecule has 5 nitrogen and oxygen atoms in total. The number of halogens is 1. The Bertz CT molecular complexity index is 1010. The number of fused-ring (bicyclic) bond motifs is 1. The number of aromatic nitrogens is 1. The molecule has 0 aliphatic rings. The fraction of sp³-hybridized carbons (Fsp3) is 0.222. The first kappa shape index (κ1) is 17.7. The quantitative estimate of drug-likeness (QED) is 0.646. The number of amides is 1. The predicted molar refractivity (Wildman–Crippen MR) is 102 cm³/mol. The number of hydrogen-bond donors (Lipinski definition) is 0. The molecule has 0 radical (unpaired) electrons. The molecule has 25 heavy (non-hydrogen) atoms. The van der Waals surface area contributed by atoms with Crippen molar-refractivity contribution in [2.24, 2.45) is 12.0 Å². The van der Waals surface area contributed by atoms with Gasteiger partial charge in [-0.15, -0.1) is 0 Å². The van der Waals surface area contributed by atoms with Gasteiger partial charge in [0.1, 0.15) is 0 Å². The fourth-order valence-corrected chi connectivity index (χ4v) is 4.11. The molecule has 0 saturated carbocycles. The van der Waals surface area contributed by atoms with Gasteiger partial charge in [-0.3, -0.25) is 4.79 Å². The highest BCUT2D eigenvalue weighted by Gasteiger charge is 2.09. The van der Waals surface area contributed by atoms with Crippen LogP contribution in [0.25, 0.3) is 10.2 Å². The summed E-state index contributed by atoms with van der Waals surface area (Å²) in [6, 6.07) is 11.4. The third kappa shape index (κ3) is 3.77. The van der Waals surface area contributed by atoms with E-state index in [9.17, 15) is 4.79 Å². The zero-order valence-electron chi connectivity index (χ0n) is 14.1. The van der Waals surface area contributed by atoms with Crippen molar-refractivity contribution in [1.29, 1.82) is 0 Å². The Morgan fingerprint density at radius 3 is 2.64 bits per heavy atom. The average molecular weight is 421 g/mol. The Labute approximate surface area is 157 Å². The summed E-state index contributed by atoms with van der Waals surface area (Å²) >= 11 is 4.96. The Morgan fingerprint density at radius 2 is 1.92 bits per heavy atom. The second-order valence-corrected chi connectivity index (χ2v) is 7.35. The second kappa shape index (κ2) is 7.41. The van der Waals surface area contributed by atoms with E-state index in [0.717, 1.165) is 20.3 Å². The van der Waals surface area contributed by atoms with Crippen LogP contribution in [-0.4, -0.2) is 24.7 Å². The van der Waals surface area contributed by atoms with Crippen molar-refractivity contribution >= 4 is 43.4 Å². The summed E-state index contributed by atoms with van der Waals surface area (Å²) in [7, 11) is 5.07. The molecule has 0 spiro atoms. The molecule has 3 aromatic rings. The van der Waals surface area contributed by atoms with E-state index in [1.165, 1.54) is 11.3 Å². The SMILES string of the molecule is COc1ccc(CC(=O)N=c2sc3cc(Br)ccc3n2C)cc1OC. The van der Waals surface area contributed by atoms with E-state index in [0.29, 0.717) is 16.3 Å². The third-order valence-corrected chi connectivity index (χ3v) is 5.38. The summed E-state index contributed by atoms with van der Waals surface area (Å²) in [4.78, 5) is 17.3. The van der Waals surface area contributed by atoms with Crippen LogP contribution in [0.15, 0.2) is 45.9 Å². The van der Waals surface area contributed by atoms with E-state index >= 15 is 0 Å². The molecule has 0 aliphatic carbocycles. The number of benzene rings is 2. The zero-order valence-corrected chi connectivity index (χ0v) is 16.5. The van der Waals surface area contributed by atoms with Gasteiger partial charge in [-0.2, -0.15) is 4.99 Å². The summed E-state index contributed by atoms with van der Waals surface area (Å²) in [6.07, 6.45) is 0.207. The molecule has 0 aliphatic heterocycles. The molecule has 1 heterocycles. The van der Waals surface area contributed by atoms with Crippen molar-refractivity contribution in [2.45, 2.75) is 6.42 Å². The van der Waals surface area contributed by atoms with Crippen molar-refractivity contribution in [1.82, 2.24) is 4.57 Å². The minimum Gasteiger partial charge on any atom is -0.493 e. The molecule has 0 N–H and O–H groups in total. The van der Waals surface area contributed by atoms with Crippen molar-refractivity contribution in [3.8, 4) is 11.5 Å². The lowest BCUT2D eigenvalue weighted by atomic mass is 10.1. The molecule has 0 atom stereocenters. The van der Waals surface area contributed by atoms with E-state index in [1.807, 2.05) is 35.9 Å². The van der Waals surface area contributed by atoms with Gasteiger partial charge in [0.2, 0.25) is 0 Å². The summed E-state index contributed by atoms with van der Waals surface area (Å²) in [5.41, 5.74) is 1.88. The van der Waals surface area contributed by atoms with Gasteiger partial charge in [-0.05, 0) is 35.9 Å². The van der Waals surface area contributed by atoms with Crippen LogP contribution in [0.5, 0.6) is 11.5 Å². The molecule has 1 amide bonds. The highest BCUT2D eigenvalue weighted by Crippen LogP contribution is 2.27. The lowest BCUT2D eigenvalue weighted by molar-refractivity contribution is -0.117. The molecular weight excluding hydrogens is 404 g/mol. The smallest absolute Gasteiger partial charge is 0.252 e. The van der Waals surface area contributed by atoms with Gasteiger partial charge >= 0.3 is 0 Å². The number of ether oxygens (including phenoxy) is 2. The van der Waals surface area contributed by atoms with Crippen LogP contribution in [0.4, 0.5) is 0 Å². The lowest BCUT2D eigenvalue weighted by Crippen LogP contribution is -2.14. The van der Waals surface area contributed by atoms with Crippen molar-refractivity contribution in [3.05, 3.63) is 51.2 Å². The van der Waals surface area contributed by atoms with E-state index in [-0.39, 0.29) is 12.3 Å². The Balaban J connectivity index is 1.89. The first-order valence-corrected chi connectivity index (χ1v) is 9.16. The first-order chi connectivity index (χ1) is 12.0. The van der Waals surface area contributed by atoms with Crippen LogP contribution in [0, 0.1) is 0 Å². The monoisotopic (exact) mass is 420 g/mol. The van der Waals surface area contributed by atoms with Crippen molar-refractivity contribution < 1.29 is 14.3 Å². The van der Waals surface area contributed by atoms with E-state index in [1.54, 1.807) is 26.4 Å². The standard InChI is InChI=1S/C18H17BrN2O3S/c1-21-13-6-5-12(19)10-16(13)25-18(21)20-17(22)9-11-4-7-14(23-2)15(8-11)24-3/h4-8,10H,9H2,1-3H3. The van der Waals surface area contributed by atoms with E-state index in [2.05, 4.69) is 20.9 Å². The molecule has 2 aromatic carbocycles. The number of aryl methyl sites for hydroxylation is 1. The van der Waals surface area contributed by atoms with Crippen LogP contribution in [-0.2, 0) is 18.3 Å². The van der Waals surface area contributed by atoms with Gasteiger partial charge in [0.15, 0.2) is 16.3 Å². The highest BCUT2D eigenvalue weighted by molar-refractivity contribution is 9.10. The van der Waals surface area contributed by atoms with Gasteiger partial charge < -0.3 is 14.0 Å². The maximum atomic E-state index is 12.4. The fourth-order valence-electron chi connectivity index (χ4n) is 2.53. The molecule has 0 saturated heterocycles. The molecule has 130 valence electrons. The minimum absolute atomic E-state index is 0.201. The van der Waals surface area contributed by atoms with Crippen molar-refractivity contribution in [2.75, 3.05) is 14.2 Å². The van der Waals surface area contributed by atoms with Gasteiger partial charge in [0, 0.05) is 11.5 Å². The van der Waals surface area contributed by atoms with Crippen LogP contribution >= 0.6 is 27.3 Å². The topological polar surface area (TPSA) is 52.8 Å². The number of thiazole rings is 1. The van der Waals surface area contributed by atoms with Crippen LogP contribution in [0.1, 0.15) is 5.56 Å². The summed E-state index contributed by atoms with van der Waals surface area (Å²) in [6.45, 7) is 0. The molecule has 1 aromatic heterocycles. The number of nitrogens with zero attached hydrogens (tertiary/aromatic N) is 2. The molecular formula is C18H17BrN2O3S. The van der Waals surface area contributed by atoms with Crippen LogP contribution in [0.3, 0.4) is 0 Å². The molecule has 3 rings (SSSR count). The van der Waals surface area contributed by atoms with E-state index < -0.39 is 0 Å². The zero-order chi connectivity index (χ0) is 18.0. The number of methoxy groups -OCH3 is 2. The predicted octanol–water partition coefficient (Wildman–Crippen LogP) is 3.69. The van der Waals surface area contributed by atoms with Crippen molar-refractivity contribution in [3.63, 3.8) is 0 Å².